The van der Waals surface area contributed by atoms with Gasteiger partial charge in [0, 0.05) is 11.8 Å². The Hall–Kier alpha value is -1.91. The molecule has 0 aromatic heterocycles. The van der Waals surface area contributed by atoms with Gasteiger partial charge < -0.3 is 4.90 Å². The Kier molecular flexibility index (Phi) is 5.67. The van der Waals surface area contributed by atoms with Crippen molar-refractivity contribution in [2.24, 2.45) is 5.92 Å². The molecule has 0 radical (unpaired) electrons. The number of hydrogen-bond acceptors (Lipinski definition) is 3. The van der Waals surface area contributed by atoms with Gasteiger partial charge in [0.05, 0.1) is 12.1 Å². The summed E-state index contributed by atoms with van der Waals surface area (Å²) in [6, 6.07) is 9.00. The molecule has 1 amide bonds. The van der Waals surface area contributed by atoms with E-state index >= 15 is 0 Å². The molecule has 0 bridgehead atoms. The lowest BCUT2D eigenvalue weighted by molar-refractivity contribution is -0.488. The Morgan fingerprint density at radius 3 is 2.20 bits per heavy atom. The average molecular weight is 278 g/mol. The quantitative estimate of drug-likeness (QED) is 0.593. The highest BCUT2D eigenvalue weighted by Crippen LogP contribution is 2.25. The largest absolute Gasteiger partial charge is 0.326 e. The highest BCUT2D eigenvalue weighted by Gasteiger charge is 2.32. The van der Waals surface area contributed by atoms with Gasteiger partial charge in [0.1, 0.15) is 0 Å². The van der Waals surface area contributed by atoms with E-state index in [1.807, 2.05) is 51.1 Å². The average Bonchev–Trinajstić information content (AvgIpc) is 2.37. The molecule has 2 atom stereocenters. The van der Waals surface area contributed by atoms with Crippen LogP contribution in [0.4, 0.5) is 0 Å². The van der Waals surface area contributed by atoms with Crippen molar-refractivity contribution in [3.8, 4) is 0 Å². The minimum Gasteiger partial charge on any atom is -0.326 e. The molecule has 0 N–H and O–H groups in total. The fourth-order valence-electron chi connectivity index (χ4n) is 2.46. The minimum atomic E-state index is -0.405. The first-order valence-corrected chi connectivity index (χ1v) is 6.80. The molecule has 0 fully saturated rings. The van der Waals surface area contributed by atoms with Crippen LogP contribution in [0, 0.1) is 16.0 Å². The first kappa shape index (κ1) is 16.1. The summed E-state index contributed by atoms with van der Waals surface area (Å²) in [6.07, 6.45) is 0. The maximum absolute atomic E-state index is 12.0. The molecular weight excluding hydrogens is 256 g/mol. The van der Waals surface area contributed by atoms with Crippen molar-refractivity contribution in [3.05, 3.63) is 46.0 Å². The minimum absolute atomic E-state index is 0.0236. The van der Waals surface area contributed by atoms with Crippen molar-refractivity contribution < 1.29 is 9.72 Å². The van der Waals surface area contributed by atoms with Crippen molar-refractivity contribution >= 4 is 5.91 Å². The molecule has 5 heteroatoms. The van der Waals surface area contributed by atoms with Crippen LogP contribution in [0.2, 0.25) is 0 Å². The number of nitro groups is 1. The summed E-state index contributed by atoms with van der Waals surface area (Å²) in [5.74, 6) is -0.114. The maximum Gasteiger partial charge on any atom is 0.224 e. The van der Waals surface area contributed by atoms with Crippen LogP contribution in [0.3, 0.4) is 0 Å². The molecule has 0 saturated heterocycles. The van der Waals surface area contributed by atoms with Crippen molar-refractivity contribution in [1.29, 1.82) is 0 Å². The van der Waals surface area contributed by atoms with E-state index in [9.17, 15) is 14.9 Å². The Labute approximate surface area is 119 Å². The Balaban J connectivity index is 3.08. The molecular formula is C15H22N2O3. The highest BCUT2D eigenvalue weighted by molar-refractivity contribution is 5.74. The molecule has 5 nitrogen and oxygen atoms in total. The van der Waals surface area contributed by atoms with Gasteiger partial charge in [-0.2, -0.15) is 0 Å². The van der Waals surface area contributed by atoms with Gasteiger partial charge in [0.25, 0.3) is 0 Å². The Morgan fingerprint density at radius 2 is 1.80 bits per heavy atom. The van der Waals surface area contributed by atoms with Crippen molar-refractivity contribution in [2.45, 2.75) is 39.8 Å². The standard InChI is InChI=1S/C15H22N2O3/c1-11(2)15(10-16(19)20)17(13(4)18)12(3)14-8-6-5-7-9-14/h5-9,11-12,15H,10H2,1-4H3. The number of nitrogens with zero attached hydrogens (tertiary/aromatic N) is 2. The molecule has 1 rings (SSSR count). The summed E-state index contributed by atoms with van der Waals surface area (Å²) in [7, 11) is 0. The zero-order valence-corrected chi connectivity index (χ0v) is 12.4. The molecule has 0 aliphatic carbocycles. The van der Waals surface area contributed by atoms with E-state index in [0.717, 1.165) is 5.56 Å². The lowest BCUT2D eigenvalue weighted by atomic mass is 9.98. The number of carbonyl (C=O) groups excluding carboxylic acids is 1. The zero-order chi connectivity index (χ0) is 15.3. The van der Waals surface area contributed by atoms with E-state index in [0.29, 0.717) is 0 Å². The SMILES string of the molecule is CC(=O)N(C(C)c1ccccc1)C(C[N+](=O)[O-])C(C)C. The summed E-state index contributed by atoms with van der Waals surface area (Å²) < 4.78 is 0. The van der Waals surface area contributed by atoms with Crippen LogP contribution in [0.1, 0.15) is 39.3 Å². The third-order valence-corrected chi connectivity index (χ3v) is 3.53. The van der Waals surface area contributed by atoms with E-state index in [-0.39, 0.29) is 29.3 Å². The molecule has 20 heavy (non-hydrogen) atoms. The fraction of sp³-hybridized carbons (Fsp3) is 0.533. The van der Waals surface area contributed by atoms with E-state index in [1.165, 1.54) is 6.92 Å². The number of amides is 1. The van der Waals surface area contributed by atoms with Gasteiger partial charge in [-0.25, -0.2) is 0 Å². The van der Waals surface area contributed by atoms with Crippen LogP contribution >= 0.6 is 0 Å². The van der Waals surface area contributed by atoms with Crippen molar-refractivity contribution in [1.82, 2.24) is 4.90 Å². The lowest BCUT2D eigenvalue weighted by Gasteiger charge is -2.36. The number of benzene rings is 1. The van der Waals surface area contributed by atoms with Gasteiger partial charge in [-0.05, 0) is 18.4 Å². The Bertz CT molecular complexity index is 459. The van der Waals surface area contributed by atoms with Crippen LogP contribution < -0.4 is 0 Å². The van der Waals surface area contributed by atoms with Gasteiger partial charge >= 0.3 is 0 Å². The monoisotopic (exact) mass is 278 g/mol. The number of carbonyl (C=O) groups is 1. The normalized spacial score (nSPS) is 13.8. The topological polar surface area (TPSA) is 63.5 Å². The van der Waals surface area contributed by atoms with Gasteiger partial charge in [-0.15, -0.1) is 0 Å². The molecule has 0 saturated carbocycles. The number of rotatable bonds is 6. The summed E-state index contributed by atoms with van der Waals surface area (Å²) in [4.78, 5) is 24.1. The van der Waals surface area contributed by atoms with Gasteiger partial charge in [-0.1, -0.05) is 44.2 Å². The molecule has 0 heterocycles. The lowest BCUT2D eigenvalue weighted by Crippen LogP contribution is -2.47. The number of hydrogen-bond donors (Lipinski definition) is 0. The zero-order valence-electron chi connectivity index (χ0n) is 12.4. The van der Waals surface area contributed by atoms with Crippen LogP contribution in [-0.4, -0.2) is 28.3 Å². The van der Waals surface area contributed by atoms with E-state index in [4.69, 9.17) is 0 Å². The molecule has 1 aromatic rings. The molecule has 2 unspecified atom stereocenters. The van der Waals surface area contributed by atoms with E-state index < -0.39 is 6.04 Å². The smallest absolute Gasteiger partial charge is 0.224 e. The molecule has 0 aliphatic rings. The molecule has 1 aromatic carbocycles. The Morgan fingerprint density at radius 1 is 1.25 bits per heavy atom. The first-order valence-electron chi connectivity index (χ1n) is 6.80. The molecule has 110 valence electrons. The van der Waals surface area contributed by atoms with Crippen LogP contribution in [0.5, 0.6) is 0 Å². The van der Waals surface area contributed by atoms with Gasteiger partial charge in [0.2, 0.25) is 12.5 Å². The van der Waals surface area contributed by atoms with Crippen LogP contribution in [-0.2, 0) is 4.79 Å². The van der Waals surface area contributed by atoms with Gasteiger partial charge in [0.15, 0.2) is 0 Å². The van der Waals surface area contributed by atoms with Crippen LogP contribution in [0.15, 0.2) is 30.3 Å². The maximum atomic E-state index is 12.0. The summed E-state index contributed by atoms with van der Waals surface area (Å²) in [5.41, 5.74) is 0.983. The third-order valence-electron chi connectivity index (χ3n) is 3.53. The molecule has 0 aliphatic heterocycles. The first-order chi connectivity index (χ1) is 9.34. The highest BCUT2D eigenvalue weighted by atomic mass is 16.6. The van der Waals surface area contributed by atoms with E-state index in [2.05, 4.69) is 0 Å². The second kappa shape index (κ2) is 7.03. The summed E-state index contributed by atoms with van der Waals surface area (Å²) >= 11 is 0. The summed E-state index contributed by atoms with van der Waals surface area (Å²) in [5, 5.41) is 10.9. The second-order valence-corrected chi connectivity index (χ2v) is 5.34. The predicted octanol–water partition coefficient (Wildman–Crippen LogP) is 2.90. The fourth-order valence-corrected chi connectivity index (χ4v) is 2.46. The van der Waals surface area contributed by atoms with Gasteiger partial charge in [-0.3, -0.25) is 14.9 Å². The molecule has 0 spiro atoms. The predicted molar refractivity (Wildman–Crippen MR) is 77.9 cm³/mol. The third kappa shape index (κ3) is 4.05. The van der Waals surface area contributed by atoms with Crippen molar-refractivity contribution in [2.75, 3.05) is 6.54 Å². The second-order valence-electron chi connectivity index (χ2n) is 5.34. The van der Waals surface area contributed by atoms with Crippen LogP contribution in [0.25, 0.3) is 0 Å². The summed E-state index contributed by atoms with van der Waals surface area (Å²) in [6.45, 7) is 6.96. The van der Waals surface area contributed by atoms with E-state index in [1.54, 1.807) is 4.90 Å². The van der Waals surface area contributed by atoms with Crippen molar-refractivity contribution in [3.63, 3.8) is 0 Å².